The molecule has 3 heteroatoms. The van der Waals surface area contributed by atoms with E-state index in [0.717, 1.165) is 11.3 Å². The molecular weight excluding hydrogens is 224 g/mol. The van der Waals surface area contributed by atoms with Crippen LogP contribution in [0.2, 0.25) is 0 Å². The highest BCUT2D eigenvalue weighted by atomic mass is 16.1. The van der Waals surface area contributed by atoms with Gasteiger partial charge < -0.3 is 10.2 Å². The molecule has 0 atom stereocenters. The summed E-state index contributed by atoms with van der Waals surface area (Å²) in [5, 5.41) is 3.17. The van der Waals surface area contributed by atoms with Gasteiger partial charge in [-0.05, 0) is 38.1 Å². The molecule has 98 valence electrons. The number of nitrogens with one attached hydrogen (secondary N) is 1. The van der Waals surface area contributed by atoms with Crippen molar-refractivity contribution in [2.45, 2.75) is 19.4 Å². The predicted octanol–water partition coefficient (Wildman–Crippen LogP) is 2.49. The van der Waals surface area contributed by atoms with Gasteiger partial charge in [0.2, 0.25) is 0 Å². The Labute approximate surface area is 109 Å². The molecule has 3 nitrogen and oxygen atoms in total. The van der Waals surface area contributed by atoms with Gasteiger partial charge in [-0.2, -0.15) is 0 Å². The number of ketones is 1. The zero-order chi connectivity index (χ0) is 13.8. The number of rotatable bonds is 6. The molecule has 0 spiro atoms. The third-order valence-electron chi connectivity index (χ3n) is 2.90. The SMILES string of the molecule is C=CCNC(C)(C)C(=O)c1ccc(N(C)C)cc1. The quantitative estimate of drug-likeness (QED) is 0.618. The molecule has 0 bridgehead atoms. The smallest absolute Gasteiger partial charge is 0.182 e. The minimum atomic E-state index is -0.576. The highest BCUT2D eigenvalue weighted by Crippen LogP contribution is 2.17. The van der Waals surface area contributed by atoms with E-state index in [2.05, 4.69) is 11.9 Å². The van der Waals surface area contributed by atoms with Crippen LogP contribution in [0.15, 0.2) is 36.9 Å². The molecule has 0 heterocycles. The van der Waals surface area contributed by atoms with Crippen LogP contribution >= 0.6 is 0 Å². The molecule has 0 amide bonds. The van der Waals surface area contributed by atoms with Crippen molar-refractivity contribution in [3.8, 4) is 0 Å². The summed E-state index contributed by atoms with van der Waals surface area (Å²) in [6.07, 6.45) is 1.75. The normalized spacial score (nSPS) is 11.1. The highest BCUT2D eigenvalue weighted by Gasteiger charge is 2.27. The molecule has 0 aliphatic heterocycles. The highest BCUT2D eigenvalue weighted by molar-refractivity contribution is 6.02. The fourth-order valence-corrected chi connectivity index (χ4v) is 1.68. The van der Waals surface area contributed by atoms with Gasteiger partial charge in [-0.25, -0.2) is 0 Å². The third kappa shape index (κ3) is 3.44. The second-order valence-corrected chi connectivity index (χ2v) is 5.07. The summed E-state index contributed by atoms with van der Waals surface area (Å²) >= 11 is 0. The Morgan fingerprint density at radius 1 is 1.33 bits per heavy atom. The number of nitrogens with zero attached hydrogens (tertiary/aromatic N) is 1. The van der Waals surface area contributed by atoms with Gasteiger partial charge >= 0.3 is 0 Å². The number of carbonyl (C=O) groups is 1. The minimum absolute atomic E-state index is 0.0923. The molecule has 1 aromatic rings. The Kier molecular flexibility index (Phi) is 4.68. The van der Waals surface area contributed by atoms with Crippen LogP contribution < -0.4 is 10.2 Å². The molecule has 0 saturated heterocycles. The van der Waals surface area contributed by atoms with Crippen LogP contribution in [0.4, 0.5) is 5.69 Å². The topological polar surface area (TPSA) is 32.3 Å². The molecule has 0 aromatic heterocycles. The summed E-state index contributed by atoms with van der Waals surface area (Å²) in [6, 6.07) is 7.65. The van der Waals surface area contributed by atoms with Crippen LogP contribution in [0.25, 0.3) is 0 Å². The minimum Gasteiger partial charge on any atom is -0.378 e. The molecule has 1 aromatic carbocycles. The number of anilines is 1. The molecule has 0 unspecified atom stereocenters. The van der Waals surface area contributed by atoms with Crippen molar-refractivity contribution in [2.75, 3.05) is 25.5 Å². The number of benzene rings is 1. The van der Waals surface area contributed by atoms with Crippen molar-refractivity contribution in [3.63, 3.8) is 0 Å². The monoisotopic (exact) mass is 246 g/mol. The average molecular weight is 246 g/mol. The van der Waals surface area contributed by atoms with E-state index in [4.69, 9.17) is 0 Å². The molecule has 1 rings (SSSR count). The van der Waals surface area contributed by atoms with Gasteiger partial charge in [0.05, 0.1) is 5.54 Å². The first-order valence-electron chi connectivity index (χ1n) is 6.06. The summed E-state index contributed by atoms with van der Waals surface area (Å²) in [6.45, 7) is 8.04. The summed E-state index contributed by atoms with van der Waals surface area (Å²) in [5.74, 6) is 0.0923. The van der Waals surface area contributed by atoms with Crippen molar-refractivity contribution in [1.29, 1.82) is 0 Å². The molecule has 0 aliphatic rings. The van der Waals surface area contributed by atoms with Crippen molar-refractivity contribution < 1.29 is 4.79 Å². The molecule has 0 aliphatic carbocycles. The lowest BCUT2D eigenvalue weighted by atomic mass is 9.93. The van der Waals surface area contributed by atoms with E-state index in [1.165, 1.54) is 0 Å². The maximum atomic E-state index is 12.3. The van der Waals surface area contributed by atoms with Crippen molar-refractivity contribution in [3.05, 3.63) is 42.5 Å². The Morgan fingerprint density at radius 3 is 2.33 bits per heavy atom. The summed E-state index contributed by atoms with van der Waals surface area (Å²) in [7, 11) is 3.96. The first-order chi connectivity index (χ1) is 8.38. The van der Waals surface area contributed by atoms with Crippen molar-refractivity contribution in [1.82, 2.24) is 5.32 Å². The van der Waals surface area contributed by atoms with E-state index in [1.54, 1.807) is 6.08 Å². The van der Waals surface area contributed by atoms with E-state index in [0.29, 0.717) is 6.54 Å². The van der Waals surface area contributed by atoms with Crippen LogP contribution in [-0.2, 0) is 0 Å². The van der Waals surface area contributed by atoms with Crippen LogP contribution in [0, 0.1) is 0 Å². The third-order valence-corrected chi connectivity index (χ3v) is 2.90. The van der Waals surface area contributed by atoms with Gasteiger partial charge in [-0.3, -0.25) is 4.79 Å². The number of hydrogen-bond donors (Lipinski definition) is 1. The summed E-state index contributed by atoms with van der Waals surface area (Å²) < 4.78 is 0. The van der Waals surface area contributed by atoms with Gasteiger partial charge in [0, 0.05) is 31.9 Å². The molecule has 18 heavy (non-hydrogen) atoms. The number of carbonyl (C=O) groups excluding carboxylic acids is 1. The van der Waals surface area contributed by atoms with Crippen molar-refractivity contribution >= 4 is 11.5 Å². The molecule has 0 fully saturated rings. The Bertz CT molecular complexity index is 419. The zero-order valence-corrected chi connectivity index (χ0v) is 11.7. The summed E-state index contributed by atoms with van der Waals surface area (Å²) in [4.78, 5) is 14.4. The van der Waals surface area contributed by atoms with E-state index in [9.17, 15) is 4.79 Å². The lowest BCUT2D eigenvalue weighted by Crippen LogP contribution is -2.46. The van der Waals surface area contributed by atoms with E-state index in [1.807, 2.05) is 57.1 Å². The first kappa shape index (κ1) is 14.5. The second-order valence-electron chi connectivity index (χ2n) is 5.07. The van der Waals surface area contributed by atoms with Gasteiger partial charge in [0.25, 0.3) is 0 Å². The van der Waals surface area contributed by atoms with Gasteiger partial charge in [-0.15, -0.1) is 6.58 Å². The molecule has 0 saturated carbocycles. The lowest BCUT2D eigenvalue weighted by molar-refractivity contribution is 0.0886. The Balaban J connectivity index is 2.86. The largest absolute Gasteiger partial charge is 0.378 e. The maximum Gasteiger partial charge on any atom is 0.182 e. The van der Waals surface area contributed by atoms with Crippen LogP contribution in [0.1, 0.15) is 24.2 Å². The first-order valence-corrected chi connectivity index (χ1v) is 6.06. The maximum absolute atomic E-state index is 12.3. The molecular formula is C15H22N2O. The predicted molar refractivity (Wildman–Crippen MR) is 77.4 cm³/mol. The van der Waals surface area contributed by atoms with Gasteiger partial charge in [0.1, 0.15) is 0 Å². The lowest BCUT2D eigenvalue weighted by Gasteiger charge is -2.24. The van der Waals surface area contributed by atoms with Crippen LogP contribution in [0.5, 0.6) is 0 Å². The second kappa shape index (κ2) is 5.83. The fraction of sp³-hybridized carbons (Fsp3) is 0.400. The van der Waals surface area contributed by atoms with E-state index < -0.39 is 5.54 Å². The summed E-state index contributed by atoms with van der Waals surface area (Å²) in [5.41, 5.74) is 1.24. The standard InChI is InChI=1S/C15H22N2O/c1-6-11-16-15(2,3)14(18)12-7-9-13(10-8-12)17(4)5/h6-10,16H,1,11H2,2-5H3. The average Bonchev–Trinajstić information content (AvgIpc) is 2.35. The van der Waals surface area contributed by atoms with E-state index >= 15 is 0 Å². The number of Topliss-reactive ketones (excluding diaryl/α,β-unsaturated/α-hetero) is 1. The zero-order valence-electron chi connectivity index (χ0n) is 11.7. The molecule has 1 N–H and O–H groups in total. The molecule has 0 radical (unpaired) electrons. The fourth-order valence-electron chi connectivity index (χ4n) is 1.68. The Hall–Kier alpha value is -1.61. The van der Waals surface area contributed by atoms with Crippen LogP contribution in [-0.4, -0.2) is 32.0 Å². The van der Waals surface area contributed by atoms with Gasteiger partial charge in [-0.1, -0.05) is 6.08 Å². The van der Waals surface area contributed by atoms with Crippen molar-refractivity contribution in [2.24, 2.45) is 0 Å². The van der Waals surface area contributed by atoms with Crippen LogP contribution in [0.3, 0.4) is 0 Å². The van der Waals surface area contributed by atoms with E-state index in [-0.39, 0.29) is 5.78 Å². The number of hydrogen-bond acceptors (Lipinski definition) is 3. The Morgan fingerprint density at radius 2 is 1.89 bits per heavy atom. The van der Waals surface area contributed by atoms with Gasteiger partial charge in [0.15, 0.2) is 5.78 Å².